The van der Waals surface area contributed by atoms with Crippen molar-refractivity contribution in [2.24, 2.45) is 0 Å². The Hall–Kier alpha value is -3.16. The van der Waals surface area contributed by atoms with E-state index in [0.29, 0.717) is 23.8 Å². The van der Waals surface area contributed by atoms with Crippen LogP contribution in [0.3, 0.4) is 0 Å². The normalized spacial score (nSPS) is 17.3. The molecule has 1 aliphatic rings. The van der Waals surface area contributed by atoms with E-state index in [1.54, 1.807) is 4.90 Å². The highest BCUT2D eigenvalue weighted by molar-refractivity contribution is 5.79. The Morgan fingerprint density at radius 3 is 2.46 bits per heavy atom. The number of rotatable bonds is 4. The highest BCUT2D eigenvalue weighted by Gasteiger charge is 2.34. The number of carbonyl (C=O) groups is 1. The number of hydrogen-bond donors (Lipinski definition) is 0. The van der Waals surface area contributed by atoms with E-state index in [1.165, 1.54) is 12.1 Å². The summed E-state index contributed by atoms with van der Waals surface area (Å²) in [5.41, 5.74) is 0.731. The summed E-state index contributed by atoms with van der Waals surface area (Å²) in [7, 11) is 0. The van der Waals surface area contributed by atoms with Crippen LogP contribution in [0.2, 0.25) is 0 Å². The van der Waals surface area contributed by atoms with E-state index in [2.05, 4.69) is 10.1 Å². The van der Waals surface area contributed by atoms with Crippen LogP contribution in [0.4, 0.5) is 13.2 Å². The molecule has 1 amide bonds. The topological polar surface area (TPSA) is 59.2 Å². The predicted octanol–water partition coefficient (Wildman–Crippen LogP) is 4.27. The fourth-order valence-electron chi connectivity index (χ4n) is 3.22. The van der Waals surface area contributed by atoms with Crippen molar-refractivity contribution in [2.75, 3.05) is 6.54 Å². The number of alkyl halides is 3. The van der Waals surface area contributed by atoms with E-state index in [0.717, 1.165) is 17.7 Å². The summed E-state index contributed by atoms with van der Waals surface area (Å²) < 4.78 is 43.3. The van der Waals surface area contributed by atoms with Gasteiger partial charge in [-0.3, -0.25) is 4.79 Å². The van der Waals surface area contributed by atoms with Crippen LogP contribution in [0.1, 0.15) is 29.3 Å². The van der Waals surface area contributed by atoms with Gasteiger partial charge >= 0.3 is 6.18 Å². The maximum absolute atomic E-state index is 12.7. The van der Waals surface area contributed by atoms with Crippen molar-refractivity contribution in [1.82, 2.24) is 15.0 Å². The van der Waals surface area contributed by atoms with Gasteiger partial charge in [-0.25, -0.2) is 0 Å². The molecular formula is C20H16F3N3O2. The van der Waals surface area contributed by atoms with E-state index in [4.69, 9.17) is 4.52 Å². The molecule has 0 bridgehead atoms. The first kappa shape index (κ1) is 18.2. The minimum absolute atomic E-state index is 0.0871. The zero-order chi connectivity index (χ0) is 19.7. The lowest BCUT2D eigenvalue weighted by atomic mass is 10.1. The molecule has 0 aliphatic carbocycles. The SMILES string of the molecule is O=C1CC(c2noc(-c3ccccc3)n2)CN1Cc1ccc(C(F)(F)F)cc1. The van der Waals surface area contributed by atoms with Crippen molar-refractivity contribution < 1.29 is 22.5 Å². The average molecular weight is 387 g/mol. The molecule has 1 aliphatic heterocycles. The first-order chi connectivity index (χ1) is 13.4. The Bertz CT molecular complexity index is 968. The van der Waals surface area contributed by atoms with Crippen molar-refractivity contribution in [1.29, 1.82) is 0 Å². The number of aromatic nitrogens is 2. The lowest BCUT2D eigenvalue weighted by Crippen LogP contribution is -2.24. The van der Waals surface area contributed by atoms with E-state index in [9.17, 15) is 18.0 Å². The molecule has 5 nitrogen and oxygen atoms in total. The van der Waals surface area contributed by atoms with Gasteiger partial charge in [0.1, 0.15) is 0 Å². The van der Waals surface area contributed by atoms with Crippen LogP contribution in [0, 0.1) is 0 Å². The molecule has 28 heavy (non-hydrogen) atoms. The van der Waals surface area contributed by atoms with E-state index in [1.807, 2.05) is 30.3 Å². The van der Waals surface area contributed by atoms with E-state index >= 15 is 0 Å². The third-order valence-corrected chi connectivity index (χ3v) is 4.70. The van der Waals surface area contributed by atoms with Crippen LogP contribution in [-0.2, 0) is 17.5 Å². The lowest BCUT2D eigenvalue weighted by Gasteiger charge is -2.16. The molecule has 0 spiro atoms. The Balaban J connectivity index is 1.44. The van der Waals surface area contributed by atoms with Crippen LogP contribution < -0.4 is 0 Å². The molecule has 1 fully saturated rings. The van der Waals surface area contributed by atoms with Gasteiger partial charge in [0.25, 0.3) is 5.89 Å². The van der Waals surface area contributed by atoms with Gasteiger partial charge in [-0.15, -0.1) is 0 Å². The van der Waals surface area contributed by atoms with E-state index in [-0.39, 0.29) is 24.8 Å². The standard InChI is InChI=1S/C20H16F3N3O2/c21-20(22,23)16-8-6-13(7-9-16)11-26-12-15(10-17(26)27)18-24-19(28-25-18)14-4-2-1-3-5-14/h1-9,15H,10-12H2. The van der Waals surface area contributed by atoms with Crippen LogP contribution in [0.15, 0.2) is 59.1 Å². The summed E-state index contributed by atoms with van der Waals surface area (Å²) in [6.45, 7) is 0.643. The third kappa shape index (κ3) is 3.76. The van der Waals surface area contributed by atoms with Gasteiger partial charge in [0.15, 0.2) is 5.82 Å². The zero-order valence-corrected chi connectivity index (χ0v) is 14.7. The monoisotopic (exact) mass is 387 g/mol. The van der Waals surface area contributed by atoms with Crippen LogP contribution in [-0.4, -0.2) is 27.5 Å². The molecule has 3 aromatic rings. The number of hydrogen-bond acceptors (Lipinski definition) is 4. The van der Waals surface area contributed by atoms with Crippen LogP contribution in [0.25, 0.3) is 11.5 Å². The molecule has 1 aromatic heterocycles. The van der Waals surface area contributed by atoms with Crippen molar-refractivity contribution in [3.05, 3.63) is 71.5 Å². The molecule has 0 N–H and O–H groups in total. The first-order valence-electron chi connectivity index (χ1n) is 8.73. The molecule has 144 valence electrons. The minimum Gasteiger partial charge on any atom is -0.338 e. The molecule has 8 heteroatoms. The second kappa shape index (κ2) is 7.10. The zero-order valence-electron chi connectivity index (χ0n) is 14.7. The maximum Gasteiger partial charge on any atom is 0.416 e. The van der Waals surface area contributed by atoms with Gasteiger partial charge < -0.3 is 9.42 Å². The number of likely N-dealkylation sites (tertiary alicyclic amines) is 1. The van der Waals surface area contributed by atoms with Gasteiger partial charge in [-0.2, -0.15) is 18.2 Å². The second-order valence-corrected chi connectivity index (χ2v) is 6.69. The largest absolute Gasteiger partial charge is 0.416 e. The Kier molecular flexibility index (Phi) is 4.62. The number of carbonyl (C=O) groups excluding carboxylic acids is 1. The molecule has 0 saturated carbocycles. The van der Waals surface area contributed by atoms with Crippen molar-refractivity contribution in [3.8, 4) is 11.5 Å². The number of benzene rings is 2. The number of halogens is 3. The van der Waals surface area contributed by atoms with Gasteiger partial charge in [-0.05, 0) is 29.8 Å². The predicted molar refractivity (Wildman–Crippen MR) is 94.0 cm³/mol. The molecule has 0 radical (unpaired) electrons. The molecular weight excluding hydrogens is 371 g/mol. The smallest absolute Gasteiger partial charge is 0.338 e. The summed E-state index contributed by atoms with van der Waals surface area (Å²) in [5.74, 6) is 0.561. The third-order valence-electron chi connectivity index (χ3n) is 4.70. The van der Waals surface area contributed by atoms with Crippen LogP contribution >= 0.6 is 0 Å². The number of nitrogens with zero attached hydrogens (tertiary/aromatic N) is 3. The first-order valence-corrected chi connectivity index (χ1v) is 8.73. The van der Waals surface area contributed by atoms with Gasteiger partial charge in [0.05, 0.1) is 5.56 Å². The lowest BCUT2D eigenvalue weighted by molar-refractivity contribution is -0.137. The van der Waals surface area contributed by atoms with Crippen molar-refractivity contribution in [3.63, 3.8) is 0 Å². The molecule has 1 unspecified atom stereocenters. The Labute approximate surface area is 158 Å². The van der Waals surface area contributed by atoms with Gasteiger partial charge in [0.2, 0.25) is 5.91 Å². The Morgan fingerprint density at radius 2 is 1.79 bits per heavy atom. The maximum atomic E-state index is 12.7. The fraction of sp³-hybridized carbons (Fsp3) is 0.250. The molecule has 1 saturated heterocycles. The minimum atomic E-state index is -4.37. The van der Waals surface area contributed by atoms with Crippen molar-refractivity contribution in [2.45, 2.75) is 25.1 Å². The fourth-order valence-corrected chi connectivity index (χ4v) is 3.22. The van der Waals surface area contributed by atoms with Crippen LogP contribution in [0.5, 0.6) is 0 Å². The summed E-state index contributed by atoms with van der Waals surface area (Å²) in [6.07, 6.45) is -4.13. The highest BCUT2D eigenvalue weighted by atomic mass is 19.4. The quantitative estimate of drug-likeness (QED) is 0.671. The highest BCUT2D eigenvalue weighted by Crippen LogP contribution is 2.31. The molecule has 4 rings (SSSR count). The number of amides is 1. The molecule has 2 heterocycles. The molecule has 1 atom stereocenters. The summed E-state index contributed by atoms with van der Waals surface area (Å²) >= 11 is 0. The Morgan fingerprint density at radius 1 is 1.07 bits per heavy atom. The van der Waals surface area contributed by atoms with E-state index < -0.39 is 11.7 Å². The average Bonchev–Trinajstić information content (AvgIpc) is 3.30. The second-order valence-electron chi connectivity index (χ2n) is 6.69. The summed E-state index contributed by atoms with van der Waals surface area (Å²) in [5, 5.41) is 4.00. The summed E-state index contributed by atoms with van der Waals surface area (Å²) in [4.78, 5) is 18.3. The van der Waals surface area contributed by atoms with Crippen molar-refractivity contribution >= 4 is 5.91 Å². The van der Waals surface area contributed by atoms with Gasteiger partial charge in [0, 0.05) is 31.0 Å². The van der Waals surface area contributed by atoms with Gasteiger partial charge in [-0.1, -0.05) is 35.5 Å². The summed E-state index contributed by atoms with van der Waals surface area (Å²) in [6, 6.07) is 14.2. The molecule has 2 aromatic carbocycles.